The maximum Gasteiger partial charge on any atom is 0.314 e. The van der Waals surface area contributed by atoms with E-state index < -0.39 is 30.3 Å². The predicted molar refractivity (Wildman–Crippen MR) is 96.4 cm³/mol. The fraction of sp³-hybridized carbons (Fsp3) is 0.316. The van der Waals surface area contributed by atoms with Crippen LogP contribution in [0.4, 0.5) is 0 Å². The summed E-state index contributed by atoms with van der Waals surface area (Å²) in [7, 11) is 0. The van der Waals surface area contributed by atoms with E-state index in [4.69, 9.17) is 4.74 Å². The molecule has 1 aromatic heterocycles. The topological polar surface area (TPSA) is 72.5 Å². The monoisotopic (exact) mass is 359 g/mol. The molecule has 0 spiro atoms. The smallest absolute Gasteiger partial charge is 0.314 e. The summed E-state index contributed by atoms with van der Waals surface area (Å²) in [6, 6.07) is 12.7. The summed E-state index contributed by atoms with van der Waals surface area (Å²) in [5.74, 6) is -1.95. The molecule has 1 N–H and O–H groups in total. The molecule has 0 aliphatic rings. The van der Waals surface area contributed by atoms with Gasteiger partial charge in [-0.1, -0.05) is 56.7 Å². The maximum atomic E-state index is 12.5. The van der Waals surface area contributed by atoms with E-state index in [-0.39, 0.29) is 5.92 Å². The first kappa shape index (κ1) is 18.9. The van der Waals surface area contributed by atoms with E-state index >= 15 is 0 Å². The third-order valence-corrected chi connectivity index (χ3v) is 4.84. The van der Waals surface area contributed by atoms with Gasteiger partial charge < -0.3 is 4.74 Å². The molecule has 0 bridgehead atoms. The minimum atomic E-state index is -0.636. The molecule has 2 amide bonds. The van der Waals surface area contributed by atoms with Crippen molar-refractivity contribution in [3.05, 3.63) is 58.3 Å². The second-order valence-electron chi connectivity index (χ2n) is 5.74. The summed E-state index contributed by atoms with van der Waals surface area (Å²) >= 11 is 1.23. The van der Waals surface area contributed by atoms with Gasteiger partial charge in [0.2, 0.25) is 0 Å². The Kier molecular flexibility index (Phi) is 6.89. The molecule has 2 aromatic rings. The Bertz CT molecular complexity index is 712. The van der Waals surface area contributed by atoms with Gasteiger partial charge in [-0.25, -0.2) is 0 Å². The van der Waals surface area contributed by atoms with Crippen molar-refractivity contribution in [1.82, 2.24) is 5.32 Å². The lowest BCUT2D eigenvalue weighted by atomic mass is 9.86. The van der Waals surface area contributed by atoms with Crippen LogP contribution in [0.15, 0.2) is 47.8 Å². The number of ether oxygens (including phenoxy) is 1. The number of benzene rings is 1. The van der Waals surface area contributed by atoms with Gasteiger partial charge in [0, 0.05) is 0 Å². The number of hydrogen-bond donors (Lipinski definition) is 1. The normalized spacial score (nSPS) is 12.9. The van der Waals surface area contributed by atoms with Crippen LogP contribution in [0.5, 0.6) is 0 Å². The summed E-state index contributed by atoms with van der Waals surface area (Å²) in [5.41, 5.74) is 0.858. The van der Waals surface area contributed by atoms with Gasteiger partial charge in [0.1, 0.15) is 0 Å². The van der Waals surface area contributed by atoms with Gasteiger partial charge in [0.15, 0.2) is 6.61 Å². The summed E-state index contributed by atoms with van der Waals surface area (Å²) in [6.45, 7) is 3.50. The van der Waals surface area contributed by atoms with Crippen molar-refractivity contribution in [2.24, 2.45) is 5.92 Å². The molecule has 0 saturated carbocycles. The van der Waals surface area contributed by atoms with Crippen molar-refractivity contribution in [3.8, 4) is 0 Å². The van der Waals surface area contributed by atoms with E-state index in [1.807, 2.05) is 44.2 Å². The van der Waals surface area contributed by atoms with Crippen LogP contribution < -0.4 is 5.32 Å². The average Bonchev–Trinajstić information content (AvgIpc) is 3.15. The van der Waals surface area contributed by atoms with Crippen molar-refractivity contribution >= 4 is 29.1 Å². The van der Waals surface area contributed by atoms with Gasteiger partial charge >= 0.3 is 5.97 Å². The van der Waals surface area contributed by atoms with Gasteiger partial charge in [-0.3, -0.25) is 19.7 Å². The van der Waals surface area contributed by atoms with Crippen molar-refractivity contribution in [3.63, 3.8) is 0 Å². The SMILES string of the molecule is CC[C@@H](C)[C@@H](C(=O)OCC(=O)NC(=O)c1cccs1)c1ccccc1. The molecular formula is C19H21NO4S. The zero-order chi connectivity index (χ0) is 18.2. The standard InChI is InChI=1S/C19H21NO4S/c1-3-13(2)17(14-8-5-4-6-9-14)19(23)24-12-16(21)20-18(22)15-10-7-11-25-15/h4-11,13,17H,3,12H2,1-2H3,(H,20,21,22)/t13-,17-/m1/s1. The van der Waals surface area contributed by atoms with Gasteiger partial charge in [-0.05, 0) is 22.9 Å². The Morgan fingerprint density at radius 3 is 2.44 bits per heavy atom. The number of imide groups is 1. The van der Waals surface area contributed by atoms with Crippen LogP contribution in [0.3, 0.4) is 0 Å². The molecule has 25 heavy (non-hydrogen) atoms. The summed E-state index contributed by atoms with van der Waals surface area (Å²) in [4.78, 5) is 36.6. The molecule has 0 unspecified atom stereocenters. The third kappa shape index (κ3) is 5.26. The van der Waals surface area contributed by atoms with E-state index in [9.17, 15) is 14.4 Å². The number of hydrogen-bond acceptors (Lipinski definition) is 5. The van der Waals surface area contributed by atoms with Crippen LogP contribution in [-0.2, 0) is 14.3 Å². The van der Waals surface area contributed by atoms with Crippen LogP contribution in [-0.4, -0.2) is 24.4 Å². The van der Waals surface area contributed by atoms with Crippen molar-refractivity contribution < 1.29 is 19.1 Å². The first-order valence-electron chi connectivity index (χ1n) is 8.12. The second kappa shape index (κ2) is 9.13. The van der Waals surface area contributed by atoms with Gasteiger partial charge in [-0.2, -0.15) is 0 Å². The highest BCUT2D eigenvalue weighted by molar-refractivity contribution is 7.12. The molecule has 2 rings (SSSR count). The molecule has 1 aromatic carbocycles. The lowest BCUT2D eigenvalue weighted by Gasteiger charge is -2.21. The summed E-state index contributed by atoms with van der Waals surface area (Å²) in [5, 5.41) is 3.96. The zero-order valence-corrected chi connectivity index (χ0v) is 15.0. The number of esters is 1. The largest absolute Gasteiger partial charge is 0.455 e. The van der Waals surface area contributed by atoms with Crippen molar-refractivity contribution in [2.75, 3.05) is 6.61 Å². The fourth-order valence-electron chi connectivity index (χ4n) is 2.45. The van der Waals surface area contributed by atoms with Crippen LogP contribution in [0.2, 0.25) is 0 Å². The Morgan fingerprint density at radius 1 is 1.12 bits per heavy atom. The third-order valence-electron chi connectivity index (χ3n) is 3.97. The Balaban J connectivity index is 1.94. The highest BCUT2D eigenvalue weighted by Crippen LogP contribution is 2.28. The number of carbonyl (C=O) groups is 3. The van der Waals surface area contributed by atoms with E-state index in [1.54, 1.807) is 17.5 Å². The van der Waals surface area contributed by atoms with Crippen LogP contribution >= 0.6 is 11.3 Å². The van der Waals surface area contributed by atoms with Gasteiger partial charge in [0.25, 0.3) is 11.8 Å². The number of carbonyl (C=O) groups excluding carboxylic acids is 3. The van der Waals surface area contributed by atoms with Crippen molar-refractivity contribution in [2.45, 2.75) is 26.2 Å². The number of amides is 2. The van der Waals surface area contributed by atoms with Crippen LogP contribution in [0.1, 0.15) is 41.4 Å². The molecule has 0 aliphatic heterocycles. The molecule has 1 heterocycles. The van der Waals surface area contributed by atoms with Crippen molar-refractivity contribution in [1.29, 1.82) is 0 Å². The fourth-order valence-corrected chi connectivity index (χ4v) is 3.07. The molecule has 0 aliphatic carbocycles. The Morgan fingerprint density at radius 2 is 1.84 bits per heavy atom. The van der Waals surface area contributed by atoms with Gasteiger partial charge in [0.05, 0.1) is 10.8 Å². The molecule has 6 heteroatoms. The zero-order valence-electron chi connectivity index (χ0n) is 14.2. The Labute approximate surface area is 151 Å². The molecule has 0 radical (unpaired) electrons. The van der Waals surface area contributed by atoms with Gasteiger partial charge in [-0.15, -0.1) is 11.3 Å². The maximum absolute atomic E-state index is 12.5. The minimum Gasteiger partial charge on any atom is -0.455 e. The molecular weight excluding hydrogens is 338 g/mol. The van der Waals surface area contributed by atoms with E-state index in [0.717, 1.165) is 12.0 Å². The number of thiophene rings is 1. The first-order chi connectivity index (χ1) is 12.0. The lowest BCUT2D eigenvalue weighted by molar-refractivity contribution is -0.151. The molecule has 0 fully saturated rings. The lowest BCUT2D eigenvalue weighted by Crippen LogP contribution is -2.34. The second-order valence-corrected chi connectivity index (χ2v) is 6.68. The number of nitrogens with one attached hydrogen (secondary N) is 1. The van der Waals surface area contributed by atoms with E-state index in [2.05, 4.69) is 5.32 Å². The molecule has 2 atom stereocenters. The van der Waals surface area contributed by atoms with Crippen LogP contribution in [0, 0.1) is 5.92 Å². The molecule has 132 valence electrons. The predicted octanol–water partition coefficient (Wildman–Crippen LogP) is 3.38. The average molecular weight is 359 g/mol. The van der Waals surface area contributed by atoms with E-state index in [0.29, 0.717) is 4.88 Å². The van der Waals surface area contributed by atoms with Crippen LogP contribution in [0.25, 0.3) is 0 Å². The first-order valence-corrected chi connectivity index (χ1v) is 9.00. The Hall–Kier alpha value is -2.47. The quantitative estimate of drug-likeness (QED) is 0.769. The number of rotatable bonds is 7. The molecule has 5 nitrogen and oxygen atoms in total. The highest BCUT2D eigenvalue weighted by atomic mass is 32.1. The summed E-state index contributed by atoms with van der Waals surface area (Å²) in [6.07, 6.45) is 0.803. The van der Waals surface area contributed by atoms with E-state index in [1.165, 1.54) is 11.3 Å². The molecule has 0 saturated heterocycles. The highest BCUT2D eigenvalue weighted by Gasteiger charge is 2.28. The summed E-state index contributed by atoms with van der Waals surface area (Å²) < 4.78 is 5.16. The minimum absolute atomic E-state index is 0.0747.